The maximum Gasteiger partial charge on any atom is 0.160 e. The Morgan fingerprint density at radius 2 is 1.72 bits per heavy atom. The van der Waals surface area contributed by atoms with Crippen molar-refractivity contribution in [1.29, 1.82) is 5.26 Å². The Bertz CT molecular complexity index is 612. The third-order valence-electron chi connectivity index (χ3n) is 2.31. The number of rotatable bonds is 2. The number of hydrogen-bond donors (Lipinski definition) is 1. The van der Waals surface area contributed by atoms with Gasteiger partial charge in [-0.25, -0.2) is 4.39 Å². The predicted molar refractivity (Wildman–Crippen MR) is 70.9 cm³/mol. The van der Waals surface area contributed by atoms with Gasteiger partial charge in [-0.2, -0.15) is 5.26 Å². The summed E-state index contributed by atoms with van der Waals surface area (Å²) in [4.78, 5) is 0. The summed E-state index contributed by atoms with van der Waals surface area (Å²) in [5, 5.41) is 11.8. The van der Waals surface area contributed by atoms with Crippen LogP contribution in [-0.2, 0) is 0 Å². The van der Waals surface area contributed by atoms with E-state index in [0.29, 0.717) is 16.9 Å². The molecule has 90 valence electrons. The minimum absolute atomic E-state index is 0.0700. The van der Waals surface area contributed by atoms with Crippen LogP contribution < -0.4 is 5.32 Å². The van der Waals surface area contributed by atoms with Crippen molar-refractivity contribution in [3.63, 3.8) is 0 Å². The molecular weight excluding hydrogens is 274 g/mol. The second-order valence-corrected chi connectivity index (χ2v) is 4.35. The summed E-state index contributed by atoms with van der Waals surface area (Å²) >= 11 is 11.4. The number of nitriles is 1. The molecule has 0 aromatic heterocycles. The van der Waals surface area contributed by atoms with Gasteiger partial charge in [-0.1, -0.05) is 35.3 Å². The highest BCUT2D eigenvalue weighted by Gasteiger charge is 2.08. The topological polar surface area (TPSA) is 35.8 Å². The third kappa shape index (κ3) is 2.56. The molecule has 2 aromatic carbocycles. The first kappa shape index (κ1) is 12.7. The van der Waals surface area contributed by atoms with Crippen molar-refractivity contribution in [2.24, 2.45) is 0 Å². The zero-order valence-corrected chi connectivity index (χ0v) is 10.6. The van der Waals surface area contributed by atoms with Crippen molar-refractivity contribution in [3.8, 4) is 6.07 Å². The Hall–Kier alpha value is -1.76. The van der Waals surface area contributed by atoms with E-state index in [2.05, 4.69) is 11.4 Å². The Labute approximate surface area is 114 Å². The number of halogens is 3. The number of hydrogen-bond acceptors (Lipinski definition) is 2. The predicted octanol–water partition coefficient (Wildman–Crippen LogP) is 4.75. The molecule has 18 heavy (non-hydrogen) atoms. The van der Waals surface area contributed by atoms with Crippen LogP contribution in [0.1, 0.15) is 5.56 Å². The van der Waals surface area contributed by atoms with Gasteiger partial charge in [0.05, 0.1) is 21.3 Å². The molecule has 0 fully saturated rings. The molecule has 0 aliphatic heterocycles. The van der Waals surface area contributed by atoms with Gasteiger partial charge in [0.2, 0.25) is 0 Å². The first-order valence-corrected chi connectivity index (χ1v) is 5.78. The minimum Gasteiger partial charge on any atom is -0.354 e. The van der Waals surface area contributed by atoms with E-state index in [0.717, 1.165) is 0 Å². The van der Waals surface area contributed by atoms with E-state index in [-0.39, 0.29) is 10.0 Å². The monoisotopic (exact) mass is 280 g/mol. The summed E-state index contributed by atoms with van der Waals surface area (Å²) in [7, 11) is 0. The first-order valence-electron chi connectivity index (χ1n) is 5.02. The van der Waals surface area contributed by atoms with Crippen LogP contribution in [-0.4, -0.2) is 0 Å². The highest BCUT2D eigenvalue weighted by molar-refractivity contribution is 6.35. The molecule has 0 radical (unpaired) electrons. The fraction of sp³-hybridized carbons (Fsp3) is 0. The van der Waals surface area contributed by atoms with Crippen LogP contribution in [0.25, 0.3) is 0 Å². The summed E-state index contributed by atoms with van der Waals surface area (Å²) in [6.45, 7) is 0. The molecule has 0 saturated carbocycles. The maximum atomic E-state index is 13.3. The normalized spacial score (nSPS) is 9.89. The molecule has 0 spiro atoms. The average molecular weight is 281 g/mol. The third-order valence-corrected chi connectivity index (χ3v) is 2.86. The molecular formula is C13H7Cl2FN2. The molecule has 0 unspecified atom stereocenters. The van der Waals surface area contributed by atoms with Crippen molar-refractivity contribution in [2.45, 2.75) is 0 Å². The molecule has 1 N–H and O–H groups in total. The van der Waals surface area contributed by atoms with Crippen LogP contribution in [0.3, 0.4) is 0 Å². The molecule has 2 nitrogen and oxygen atoms in total. The van der Waals surface area contributed by atoms with Crippen molar-refractivity contribution in [3.05, 3.63) is 57.8 Å². The van der Waals surface area contributed by atoms with Gasteiger partial charge in [0.15, 0.2) is 5.82 Å². The van der Waals surface area contributed by atoms with Gasteiger partial charge in [-0.05, 0) is 24.3 Å². The van der Waals surface area contributed by atoms with Crippen LogP contribution in [0.5, 0.6) is 0 Å². The van der Waals surface area contributed by atoms with Gasteiger partial charge in [0.1, 0.15) is 6.07 Å². The zero-order valence-electron chi connectivity index (χ0n) is 9.05. The smallest absolute Gasteiger partial charge is 0.160 e. The summed E-state index contributed by atoms with van der Waals surface area (Å²) in [5.74, 6) is -0.655. The second kappa shape index (κ2) is 5.26. The fourth-order valence-electron chi connectivity index (χ4n) is 1.47. The number of benzene rings is 2. The number of nitrogens with one attached hydrogen (secondary N) is 1. The lowest BCUT2D eigenvalue weighted by atomic mass is 10.2. The average Bonchev–Trinajstić information content (AvgIpc) is 2.36. The molecule has 0 amide bonds. The maximum absolute atomic E-state index is 13.3. The lowest BCUT2D eigenvalue weighted by Crippen LogP contribution is -1.94. The highest BCUT2D eigenvalue weighted by atomic mass is 35.5. The van der Waals surface area contributed by atoms with Crippen LogP contribution in [0.4, 0.5) is 15.8 Å². The molecule has 2 rings (SSSR count). The zero-order chi connectivity index (χ0) is 13.1. The lowest BCUT2D eigenvalue weighted by molar-refractivity contribution is 0.629. The molecule has 0 atom stereocenters. The quantitative estimate of drug-likeness (QED) is 0.806. The lowest BCUT2D eigenvalue weighted by Gasteiger charge is -2.09. The standard InChI is InChI=1S/C13H7Cl2FN2/c14-10-5-9(6-11(15)13(10)16)18-12-4-2-1-3-8(12)7-17/h1-6,18H. The summed E-state index contributed by atoms with van der Waals surface area (Å²) in [5.41, 5.74) is 1.61. The van der Waals surface area contributed by atoms with E-state index < -0.39 is 5.82 Å². The highest BCUT2D eigenvalue weighted by Crippen LogP contribution is 2.29. The van der Waals surface area contributed by atoms with Crippen LogP contribution >= 0.6 is 23.2 Å². The first-order chi connectivity index (χ1) is 8.61. The second-order valence-electron chi connectivity index (χ2n) is 3.54. The van der Waals surface area contributed by atoms with E-state index in [9.17, 15) is 4.39 Å². The van der Waals surface area contributed by atoms with E-state index >= 15 is 0 Å². The SMILES string of the molecule is N#Cc1ccccc1Nc1cc(Cl)c(F)c(Cl)c1. The van der Waals surface area contributed by atoms with Gasteiger partial charge in [-0.15, -0.1) is 0 Å². The Kier molecular flexibility index (Phi) is 3.71. The Morgan fingerprint density at radius 1 is 1.11 bits per heavy atom. The number of para-hydroxylation sites is 1. The Morgan fingerprint density at radius 3 is 2.33 bits per heavy atom. The van der Waals surface area contributed by atoms with Crippen molar-refractivity contribution in [1.82, 2.24) is 0 Å². The molecule has 0 bridgehead atoms. The van der Waals surface area contributed by atoms with Gasteiger partial charge in [0.25, 0.3) is 0 Å². The summed E-state index contributed by atoms with van der Waals surface area (Å²) in [6.07, 6.45) is 0. The molecule has 2 aromatic rings. The van der Waals surface area contributed by atoms with Crippen molar-refractivity contribution < 1.29 is 4.39 Å². The van der Waals surface area contributed by atoms with Crippen molar-refractivity contribution >= 4 is 34.6 Å². The number of nitrogens with zero attached hydrogens (tertiary/aromatic N) is 1. The molecule has 0 aliphatic rings. The molecule has 0 saturated heterocycles. The van der Waals surface area contributed by atoms with E-state index in [1.165, 1.54) is 12.1 Å². The van der Waals surface area contributed by atoms with Crippen LogP contribution in [0.15, 0.2) is 36.4 Å². The molecule has 0 heterocycles. The van der Waals surface area contributed by atoms with Crippen LogP contribution in [0, 0.1) is 17.1 Å². The minimum atomic E-state index is -0.655. The van der Waals surface area contributed by atoms with Crippen LogP contribution in [0.2, 0.25) is 10.0 Å². The summed E-state index contributed by atoms with van der Waals surface area (Å²) < 4.78 is 13.3. The Balaban J connectivity index is 2.38. The van der Waals surface area contributed by atoms with Gasteiger partial charge < -0.3 is 5.32 Å². The van der Waals surface area contributed by atoms with Gasteiger partial charge in [0, 0.05) is 5.69 Å². The van der Waals surface area contributed by atoms with Gasteiger partial charge >= 0.3 is 0 Å². The molecule has 5 heteroatoms. The summed E-state index contributed by atoms with van der Waals surface area (Å²) in [6, 6.07) is 11.8. The van der Waals surface area contributed by atoms with Crippen molar-refractivity contribution in [2.75, 3.05) is 5.32 Å². The number of anilines is 2. The van der Waals surface area contributed by atoms with E-state index in [4.69, 9.17) is 28.5 Å². The van der Waals surface area contributed by atoms with E-state index in [1.54, 1.807) is 24.3 Å². The van der Waals surface area contributed by atoms with E-state index in [1.807, 2.05) is 0 Å². The fourth-order valence-corrected chi connectivity index (χ4v) is 1.96. The molecule has 0 aliphatic carbocycles. The van der Waals surface area contributed by atoms with Gasteiger partial charge in [-0.3, -0.25) is 0 Å². The largest absolute Gasteiger partial charge is 0.354 e.